The second kappa shape index (κ2) is 5.16. The van der Waals surface area contributed by atoms with Crippen molar-refractivity contribution in [1.29, 1.82) is 0 Å². The normalized spacial score (nSPS) is 18.4. The summed E-state index contributed by atoms with van der Waals surface area (Å²) in [4.78, 5) is 12.0. The Bertz CT molecular complexity index is 821. The van der Waals surface area contributed by atoms with Crippen LogP contribution >= 0.6 is 0 Å². The number of Topliss-reactive ketones (excluding diaryl/α,β-unsaturated/α-hetero) is 1. The van der Waals surface area contributed by atoms with E-state index in [1.165, 1.54) is 6.92 Å². The summed E-state index contributed by atoms with van der Waals surface area (Å²) in [6, 6.07) is 13.9. The molecule has 0 aromatic heterocycles. The second-order valence-corrected chi connectivity index (χ2v) is 5.76. The van der Waals surface area contributed by atoms with Crippen molar-refractivity contribution >= 4 is 5.78 Å². The molecule has 0 amide bonds. The van der Waals surface area contributed by atoms with Gasteiger partial charge in [0.05, 0.1) is 0 Å². The van der Waals surface area contributed by atoms with E-state index in [0.29, 0.717) is 23.0 Å². The van der Waals surface area contributed by atoms with Crippen LogP contribution in [-0.4, -0.2) is 12.6 Å². The van der Waals surface area contributed by atoms with Crippen LogP contribution < -0.4 is 14.2 Å². The third-order valence-electron chi connectivity index (χ3n) is 4.27. The number of carbonyl (C=O) groups excluding carboxylic acids is 1. The predicted molar refractivity (Wildman–Crippen MR) is 84.9 cm³/mol. The lowest BCUT2D eigenvalue weighted by Crippen LogP contribution is -2.19. The molecule has 0 saturated heterocycles. The molecular weight excluding hydrogens is 292 g/mol. The van der Waals surface area contributed by atoms with Gasteiger partial charge in [-0.05, 0) is 24.1 Å². The maximum absolute atomic E-state index is 12.0. The maximum Gasteiger partial charge on any atom is 0.231 e. The highest BCUT2D eigenvalue weighted by atomic mass is 16.7. The third kappa shape index (κ3) is 2.18. The summed E-state index contributed by atoms with van der Waals surface area (Å²) in [6.45, 7) is 3.68. The Morgan fingerprint density at radius 3 is 2.43 bits per heavy atom. The molecule has 0 N–H and O–H groups in total. The van der Waals surface area contributed by atoms with Crippen molar-refractivity contribution in [2.24, 2.45) is 0 Å². The van der Waals surface area contributed by atoms with Gasteiger partial charge in [-0.1, -0.05) is 30.3 Å². The van der Waals surface area contributed by atoms with Crippen molar-refractivity contribution in [2.45, 2.75) is 19.8 Å². The molecule has 4 heteroatoms. The van der Waals surface area contributed by atoms with Crippen LogP contribution in [0.1, 0.15) is 30.9 Å². The van der Waals surface area contributed by atoms with Crippen LogP contribution in [-0.2, 0) is 4.79 Å². The lowest BCUT2D eigenvalue weighted by Gasteiger charge is -2.29. The molecule has 0 bridgehead atoms. The highest BCUT2D eigenvalue weighted by molar-refractivity contribution is 5.93. The van der Waals surface area contributed by atoms with Crippen molar-refractivity contribution in [3.8, 4) is 17.2 Å². The van der Waals surface area contributed by atoms with Gasteiger partial charge in [-0.25, -0.2) is 0 Å². The van der Waals surface area contributed by atoms with Gasteiger partial charge >= 0.3 is 0 Å². The first-order valence-corrected chi connectivity index (χ1v) is 7.53. The zero-order valence-electron chi connectivity index (χ0n) is 13.0. The summed E-state index contributed by atoms with van der Waals surface area (Å²) < 4.78 is 16.8. The molecule has 0 radical (unpaired) electrons. The Hall–Kier alpha value is -2.75. The molecule has 0 saturated carbocycles. The quantitative estimate of drug-likeness (QED) is 0.846. The van der Waals surface area contributed by atoms with Crippen LogP contribution in [0.5, 0.6) is 17.2 Å². The third-order valence-corrected chi connectivity index (χ3v) is 4.27. The number of allylic oxidation sites excluding steroid dienone is 2. The lowest BCUT2D eigenvalue weighted by atomic mass is 9.82. The van der Waals surface area contributed by atoms with Gasteiger partial charge in [-0.15, -0.1) is 0 Å². The Morgan fingerprint density at radius 2 is 1.74 bits per heavy atom. The topological polar surface area (TPSA) is 44.8 Å². The van der Waals surface area contributed by atoms with Crippen LogP contribution in [0.2, 0.25) is 0 Å². The summed E-state index contributed by atoms with van der Waals surface area (Å²) in [5.74, 6) is 2.31. The molecule has 2 aromatic rings. The molecule has 0 unspecified atom stereocenters. The van der Waals surface area contributed by atoms with Crippen molar-refractivity contribution in [1.82, 2.24) is 0 Å². The molecular formula is C19H16O4. The second-order valence-electron chi connectivity index (χ2n) is 5.76. The smallest absolute Gasteiger partial charge is 0.231 e. The SMILES string of the molecule is CC(=O)C1=C(C)[C@@H](c2ccccc2)c2cc3c(cc2O1)OCO3. The van der Waals surface area contributed by atoms with Gasteiger partial charge in [-0.2, -0.15) is 0 Å². The number of ether oxygens (including phenoxy) is 3. The van der Waals surface area contributed by atoms with Crippen molar-refractivity contribution in [2.75, 3.05) is 6.79 Å². The van der Waals surface area contributed by atoms with E-state index in [1.54, 1.807) is 0 Å². The molecule has 2 aromatic carbocycles. The monoisotopic (exact) mass is 308 g/mol. The van der Waals surface area contributed by atoms with Gasteiger partial charge in [0, 0.05) is 24.5 Å². The number of rotatable bonds is 2. The van der Waals surface area contributed by atoms with E-state index in [4.69, 9.17) is 14.2 Å². The standard InChI is InChI=1S/C19H16O4/c1-11-18(13-6-4-3-5-7-13)14-8-16-17(22-10-21-16)9-15(14)23-19(11)12(2)20/h3-9,18H,10H2,1-2H3/t18-/m0/s1. The Kier molecular flexibility index (Phi) is 3.11. The van der Waals surface area contributed by atoms with Gasteiger partial charge in [0.2, 0.25) is 6.79 Å². The number of carbonyl (C=O) groups is 1. The highest BCUT2D eigenvalue weighted by Gasteiger charge is 2.32. The molecule has 0 aliphatic carbocycles. The van der Waals surface area contributed by atoms with E-state index in [-0.39, 0.29) is 18.5 Å². The average Bonchev–Trinajstić information content (AvgIpc) is 3.00. The summed E-state index contributed by atoms with van der Waals surface area (Å²) in [5.41, 5.74) is 3.02. The average molecular weight is 308 g/mol. The summed E-state index contributed by atoms with van der Waals surface area (Å²) in [6.07, 6.45) is 0. The van der Waals surface area contributed by atoms with Crippen LogP contribution in [0, 0.1) is 0 Å². The van der Waals surface area contributed by atoms with Gasteiger partial charge in [-0.3, -0.25) is 4.79 Å². The van der Waals surface area contributed by atoms with Crippen molar-refractivity contribution in [3.63, 3.8) is 0 Å². The number of hydrogen-bond donors (Lipinski definition) is 0. The van der Waals surface area contributed by atoms with E-state index < -0.39 is 0 Å². The molecule has 23 heavy (non-hydrogen) atoms. The first kappa shape index (κ1) is 13.9. The molecule has 4 nitrogen and oxygen atoms in total. The summed E-state index contributed by atoms with van der Waals surface area (Å²) in [5, 5.41) is 0. The summed E-state index contributed by atoms with van der Waals surface area (Å²) in [7, 11) is 0. The first-order valence-electron chi connectivity index (χ1n) is 7.53. The fourth-order valence-corrected chi connectivity index (χ4v) is 3.23. The van der Waals surface area contributed by atoms with E-state index in [2.05, 4.69) is 12.1 Å². The molecule has 0 spiro atoms. The predicted octanol–water partition coefficient (Wildman–Crippen LogP) is 3.80. The molecule has 116 valence electrons. The minimum atomic E-state index is -0.0771. The van der Waals surface area contributed by atoms with E-state index in [9.17, 15) is 4.79 Å². The number of fused-ring (bicyclic) bond motifs is 2. The van der Waals surface area contributed by atoms with Gasteiger partial charge in [0.15, 0.2) is 23.0 Å². The fourth-order valence-electron chi connectivity index (χ4n) is 3.23. The number of benzene rings is 2. The van der Waals surface area contributed by atoms with Crippen LogP contribution in [0.15, 0.2) is 53.8 Å². The van der Waals surface area contributed by atoms with Gasteiger partial charge < -0.3 is 14.2 Å². The Morgan fingerprint density at radius 1 is 1.04 bits per heavy atom. The Balaban J connectivity index is 1.93. The zero-order valence-corrected chi connectivity index (χ0v) is 13.0. The minimum absolute atomic E-state index is 0.0339. The van der Waals surface area contributed by atoms with Crippen LogP contribution in [0.3, 0.4) is 0 Å². The molecule has 2 aliphatic rings. The Labute approximate surface area is 134 Å². The van der Waals surface area contributed by atoms with Crippen LogP contribution in [0.25, 0.3) is 0 Å². The van der Waals surface area contributed by atoms with E-state index >= 15 is 0 Å². The highest BCUT2D eigenvalue weighted by Crippen LogP contribution is 2.48. The number of ketones is 1. The van der Waals surface area contributed by atoms with Crippen molar-refractivity contribution in [3.05, 3.63) is 64.9 Å². The summed E-state index contributed by atoms with van der Waals surface area (Å²) >= 11 is 0. The molecule has 4 rings (SSSR count). The largest absolute Gasteiger partial charge is 0.454 e. The number of hydrogen-bond acceptors (Lipinski definition) is 4. The van der Waals surface area contributed by atoms with E-state index in [1.807, 2.05) is 37.3 Å². The van der Waals surface area contributed by atoms with Gasteiger partial charge in [0.25, 0.3) is 0 Å². The van der Waals surface area contributed by atoms with E-state index in [0.717, 1.165) is 16.7 Å². The molecule has 2 aliphatic heterocycles. The molecule has 0 fully saturated rings. The van der Waals surface area contributed by atoms with Crippen molar-refractivity contribution < 1.29 is 19.0 Å². The van der Waals surface area contributed by atoms with Gasteiger partial charge in [0.1, 0.15) is 5.75 Å². The minimum Gasteiger partial charge on any atom is -0.454 e. The fraction of sp³-hybridized carbons (Fsp3) is 0.211. The molecule has 2 heterocycles. The zero-order chi connectivity index (χ0) is 16.0. The molecule has 1 atom stereocenters. The lowest BCUT2D eigenvalue weighted by molar-refractivity contribution is -0.115. The van der Waals surface area contributed by atoms with Crippen LogP contribution in [0.4, 0.5) is 0 Å². The first-order chi connectivity index (χ1) is 11.1. The maximum atomic E-state index is 12.0.